The molecule has 5 rings (SSSR count). The molecule has 11 heteroatoms. The van der Waals surface area contributed by atoms with Crippen molar-refractivity contribution in [1.29, 1.82) is 0 Å². The third-order valence-corrected chi connectivity index (χ3v) is 7.23. The summed E-state index contributed by atoms with van der Waals surface area (Å²) < 4.78 is 0. The molecule has 0 spiro atoms. The molecule has 3 aliphatic heterocycles. The molecule has 2 aromatic rings. The molecule has 3 saturated heterocycles. The first-order valence-electron chi connectivity index (χ1n) is 10.3. The highest BCUT2D eigenvalue weighted by Gasteiger charge is 2.36. The number of benzene rings is 1. The molecule has 3 aliphatic rings. The van der Waals surface area contributed by atoms with Crippen molar-refractivity contribution in [3.63, 3.8) is 0 Å². The number of aromatic amines is 1. The zero-order chi connectivity index (χ0) is 20.7. The summed E-state index contributed by atoms with van der Waals surface area (Å²) in [6.45, 7) is 5.20. The van der Waals surface area contributed by atoms with Crippen LogP contribution in [0.2, 0.25) is 0 Å². The number of hydrogen-bond donors (Lipinski definition) is 2. The largest absolute Gasteiger partial charge is 0.340 e. The van der Waals surface area contributed by atoms with E-state index >= 15 is 0 Å². The Hall–Kier alpha value is -2.37. The molecule has 0 unspecified atom stereocenters. The van der Waals surface area contributed by atoms with Gasteiger partial charge in [-0.2, -0.15) is 0 Å². The molecule has 2 atom stereocenters. The molecule has 1 aromatic carbocycles. The van der Waals surface area contributed by atoms with Crippen LogP contribution in [0.25, 0.3) is 11.0 Å². The van der Waals surface area contributed by atoms with Crippen molar-refractivity contribution in [1.82, 2.24) is 25.1 Å². The number of thioether (sulfide) groups is 1. The van der Waals surface area contributed by atoms with Crippen molar-refractivity contribution in [2.45, 2.75) is 18.5 Å². The number of amides is 1. The van der Waals surface area contributed by atoms with Crippen LogP contribution in [0.4, 0.5) is 11.6 Å². The molecule has 10 nitrogen and oxygen atoms in total. The van der Waals surface area contributed by atoms with Crippen LogP contribution < -0.4 is 10.2 Å². The number of nitro groups is 1. The maximum Gasteiger partial charge on any atom is 0.271 e. The van der Waals surface area contributed by atoms with E-state index in [4.69, 9.17) is 0 Å². The lowest BCUT2D eigenvalue weighted by Gasteiger charge is -2.37. The van der Waals surface area contributed by atoms with Crippen molar-refractivity contribution in [2.75, 3.05) is 55.8 Å². The van der Waals surface area contributed by atoms with Gasteiger partial charge in [-0.15, -0.1) is 11.8 Å². The lowest BCUT2D eigenvalue weighted by atomic mass is 10.1. The fraction of sp³-hybridized carbons (Fsp3) is 0.579. The third-order valence-electron chi connectivity index (χ3n) is 6.26. The van der Waals surface area contributed by atoms with Gasteiger partial charge in [0.25, 0.3) is 5.69 Å². The van der Waals surface area contributed by atoms with Crippen molar-refractivity contribution in [2.24, 2.45) is 0 Å². The van der Waals surface area contributed by atoms with Gasteiger partial charge >= 0.3 is 0 Å². The van der Waals surface area contributed by atoms with E-state index in [1.807, 2.05) is 16.7 Å². The van der Waals surface area contributed by atoms with Gasteiger partial charge in [-0.3, -0.25) is 19.8 Å². The van der Waals surface area contributed by atoms with Crippen molar-refractivity contribution >= 4 is 40.3 Å². The van der Waals surface area contributed by atoms with Crippen LogP contribution in [0.3, 0.4) is 0 Å². The Morgan fingerprint density at radius 3 is 2.80 bits per heavy atom. The van der Waals surface area contributed by atoms with Crippen LogP contribution in [0.1, 0.15) is 6.42 Å². The summed E-state index contributed by atoms with van der Waals surface area (Å²) in [6.07, 6.45) is 0.869. The van der Waals surface area contributed by atoms with Gasteiger partial charge in [0.2, 0.25) is 11.9 Å². The second-order valence-electron chi connectivity index (χ2n) is 8.03. The van der Waals surface area contributed by atoms with Crippen LogP contribution in [0.15, 0.2) is 18.2 Å². The van der Waals surface area contributed by atoms with Gasteiger partial charge in [0, 0.05) is 63.2 Å². The number of rotatable bonds is 4. The topological polar surface area (TPSA) is 111 Å². The summed E-state index contributed by atoms with van der Waals surface area (Å²) in [7, 11) is 0. The Morgan fingerprint density at radius 1 is 1.23 bits per heavy atom. The molecule has 0 aliphatic carbocycles. The number of hydrogen-bond acceptors (Lipinski definition) is 8. The summed E-state index contributed by atoms with van der Waals surface area (Å²) in [6, 6.07) is 5.02. The highest BCUT2D eigenvalue weighted by atomic mass is 32.2. The van der Waals surface area contributed by atoms with E-state index in [0.29, 0.717) is 11.6 Å². The molecule has 1 aromatic heterocycles. The van der Waals surface area contributed by atoms with Crippen molar-refractivity contribution in [3.8, 4) is 0 Å². The van der Waals surface area contributed by atoms with Crippen molar-refractivity contribution in [3.05, 3.63) is 28.3 Å². The molecular weight excluding hydrogens is 406 g/mol. The normalized spacial score (nSPS) is 25.3. The number of nitrogens with zero attached hydrogens (tertiary/aromatic N) is 5. The monoisotopic (exact) mass is 431 g/mol. The summed E-state index contributed by atoms with van der Waals surface area (Å²) >= 11 is 1.82. The summed E-state index contributed by atoms with van der Waals surface area (Å²) in [5.74, 6) is 2.87. The minimum atomic E-state index is -0.394. The lowest BCUT2D eigenvalue weighted by molar-refractivity contribution is -0.384. The number of H-pyrrole nitrogens is 1. The second kappa shape index (κ2) is 8.05. The van der Waals surface area contributed by atoms with E-state index in [9.17, 15) is 14.9 Å². The standard InChI is InChI=1S/C19H25N7O3S/c27-18(25-7-8-30-12-25)17-10-14(11-20-17)23-3-5-24(6-4-23)19-21-15-2-1-13(26(28)29)9-16(15)22-19/h1-2,9,14,17,20H,3-8,10-12H2,(H,21,22)/t14-,17-/m0/s1. The minimum absolute atomic E-state index is 0.0575. The van der Waals surface area contributed by atoms with E-state index in [2.05, 4.69) is 25.1 Å². The Labute approximate surface area is 178 Å². The summed E-state index contributed by atoms with van der Waals surface area (Å²) in [4.78, 5) is 37.7. The number of aromatic nitrogens is 2. The fourth-order valence-electron chi connectivity index (χ4n) is 4.54. The summed E-state index contributed by atoms with van der Waals surface area (Å²) in [5.41, 5.74) is 1.48. The third kappa shape index (κ3) is 3.72. The number of imidazole rings is 1. The molecule has 4 heterocycles. The molecular formula is C19H25N7O3S. The number of nitro benzene ring substituents is 1. The first kappa shape index (κ1) is 19.6. The number of non-ortho nitro benzene ring substituents is 1. The van der Waals surface area contributed by atoms with E-state index < -0.39 is 4.92 Å². The maximum absolute atomic E-state index is 12.6. The highest BCUT2D eigenvalue weighted by Crippen LogP contribution is 2.24. The molecule has 3 fully saturated rings. The molecule has 1 amide bonds. The highest BCUT2D eigenvalue weighted by molar-refractivity contribution is 7.99. The number of nitrogens with one attached hydrogen (secondary N) is 2. The number of piperazine rings is 1. The van der Waals surface area contributed by atoms with Gasteiger partial charge in [0.1, 0.15) is 0 Å². The maximum atomic E-state index is 12.6. The van der Waals surface area contributed by atoms with Gasteiger partial charge in [-0.25, -0.2) is 4.98 Å². The smallest absolute Gasteiger partial charge is 0.271 e. The number of carbonyl (C=O) groups is 1. The Kier molecular flexibility index (Phi) is 5.25. The minimum Gasteiger partial charge on any atom is -0.340 e. The number of fused-ring (bicyclic) bond motifs is 1. The lowest BCUT2D eigenvalue weighted by Crippen LogP contribution is -2.51. The molecule has 0 bridgehead atoms. The van der Waals surface area contributed by atoms with Gasteiger partial charge < -0.3 is 20.1 Å². The van der Waals surface area contributed by atoms with E-state index in [0.717, 1.165) is 68.8 Å². The van der Waals surface area contributed by atoms with E-state index in [1.54, 1.807) is 6.07 Å². The fourth-order valence-corrected chi connectivity index (χ4v) is 5.49. The second-order valence-corrected chi connectivity index (χ2v) is 9.11. The SMILES string of the molecule is O=C([C@@H]1C[C@H](N2CCN(c3nc4ccc([N+](=O)[O-])cc4[nH]3)CC2)CN1)N1CCSC1. The first-order chi connectivity index (χ1) is 14.6. The van der Waals surface area contributed by atoms with Gasteiger partial charge in [-0.1, -0.05) is 0 Å². The zero-order valence-electron chi connectivity index (χ0n) is 16.6. The van der Waals surface area contributed by atoms with Crippen LogP contribution in [0.5, 0.6) is 0 Å². The molecule has 0 saturated carbocycles. The number of carbonyl (C=O) groups excluding carboxylic acids is 1. The van der Waals surface area contributed by atoms with Crippen LogP contribution in [0, 0.1) is 10.1 Å². The average Bonchev–Trinajstić information content (AvgIpc) is 3.53. The van der Waals surface area contributed by atoms with E-state index in [-0.39, 0.29) is 17.6 Å². The van der Waals surface area contributed by atoms with Gasteiger partial charge in [0.05, 0.1) is 27.9 Å². The Bertz CT molecular complexity index is 953. The van der Waals surface area contributed by atoms with Crippen LogP contribution >= 0.6 is 11.8 Å². The molecule has 30 heavy (non-hydrogen) atoms. The zero-order valence-corrected chi connectivity index (χ0v) is 17.4. The van der Waals surface area contributed by atoms with E-state index in [1.165, 1.54) is 12.1 Å². The first-order valence-corrected chi connectivity index (χ1v) is 11.5. The van der Waals surface area contributed by atoms with Gasteiger partial charge in [0.15, 0.2) is 0 Å². The van der Waals surface area contributed by atoms with Crippen LogP contribution in [-0.2, 0) is 4.79 Å². The molecule has 0 radical (unpaired) electrons. The van der Waals surface area contributed by atoms with Crippen molar-refractivity contribution < 1.29 is 9.72 Å². The Morgan fingerprint density at radius 2 is 2.07 bits per heavy atom. The van der Waals surface area contributed by atoms with Crippen LogP contribution in [-0.4, -0.2) is 93.6 Å². The van der Waals surface area contributed by atoms with Gasteiger partial charge in [-0.05, 0) is 12.5 Å². The average molecular weight is 432 g/mol. The summed E-state index contributed by atoms with van der Waals surface area (Å²) in [5, 5.41) is 14.4. The number of anilines is 1. The molecule has 160 valence electrons. The predicted molar refractivity (Wildman–Crippen MR) is 116 cm³/mol. The Balaban J connectivity index is 1.18. The quantitative estimate of drug-likeness (QED) is 0.542. The predicted octanol–water partition coefficient (Wildman–Crippen LogP) is 0.857. The molecule has 2 N–H and O–H groups in total.